The average molecular weight is 302 g/mol. The van der Waals surface area contributed by atoms with Crippen LogP contribution >= 0.6 is 0 Å². The first-order valence-corrected chi connectivity index (χ1v) is 7.97. The Morgan fingerprint density at radius 2 is 2.20 bits per heavy atom. The molecule has 0 saturated carbocycles. The van der Waals surface area contributed by atoms with Gasteiger partial charge < -0.3 is 10.5 Å². The minimum absolute atomic E-state index is 0.102. The molecule has 7 heteroatoms. The molecule has 112 valence electrons. The van der Waals surface area contributed by atoms with Crippen molar-refractivity contribution in [2.75, 3.05) is 25.4 Å². The number of rotatable bonds is 3. The van der Waals surface area contributed by atoms with Crippen molar-refractivity contribution in [3.8, 4) is 0 Å². The molecule has 5 nitrogen and oxygen atoms in total. The first-order valence-electron chi connectivity index (χ1n) is 6.53. The number of sulfonamides is 1. The highest BCUT2D eigenvalue weighted by molar-refractivity contribution is 7.89. The maximum Gasteiger partial charge on any atom is 0.243 e. The van der Waals surface area contributed by atoms with Gasteiger partial charge in [-0.05, 0) is 25.5 Å². The molecular formula is C13H19FN2O3S. The van der Waals surface area contributed by atoms with Crippen LogP contribution in [0, 0.1) is 12.7 Å². The monoisotopic (exact) mass is 302 g/mol. The zero-order valence-electron chi connectivity index (χ0n) is 11.6. The Hall–Kier alpha value is -1.18. The highest BCUT2D eigenvalue weighted by atomic mass is 32.2. The Labute approximate surface area is 118 Å². The number of halogens is 1. The molecule has 1 unspecified atom stereocenters. The lowest BCUT2D eigenvalue weighted by molar-refractivity contribution is -0.00278. The standard InChI is InChI=1S/C13H19FN2O3S/c1-3-10-8-16(4-5-19-10)20(17,18)11-6-12(14)9(2)13(15)7-11/h6-7,10H,3-5,8,15H2,1-2H3. The van der Waals surface area contributed by atoms with Gasteiger partial charge in [-0.3, -0.25) is 0 Å². The fraction of sp³-hybridized carbons (Fsp3) is 0.538. The van der Waals surface area contributed by atoms with Gasteiger partial charge in [-0.2, -0.15) is 4.31 Å². The first kappa shape index (κ1) is 15.2. The van der Waals surface area contributed by atoms with Crippen molar-refractivity contribution in [2.24, 2.45) is 0 Å². The lowest BCUT2D eigenvalue weighted by Gasteiger charge is -2.31. The number of morpholine rings is 1. The third kappa shape index (κ3) is 2.79. The van der Waals surface area contributed by atoms with E-state index < -0.39 is 15.8 Å². The minimum Gasteiger partial charge on any atom is -0.398 e. The molecule has 1 aliphatic rings. The van der Waals surface area contributed by atoms with Gasteiger partial charge in [0, 0.05) is 24.3 Å². The quantitative estimate of drug-likeness (QED) is 0.859. The fourth-order valence-electron chi connectivity index (χ4n) is 2.13. The fourth-order valence-corrected chi connectivity index (χ4v) is 3.63. The smallest absolute Gasteiger partial charge is 0.243 e. The van der Waals surface area contributed by atoms with Crippen LogP contribution in [0.3, 0.4) is 0 Å². The molecule has 0 amide bonds. The Kier molecular flexibility index (Phi) is 4.31. The maximum atomic E-state index is 13.7. The van der Waals surface area contributed by atoms with Crippen molar-refractivity contribution in [2.45, 2.75) is 31.3 Å². The van der Waals surface area contributed by atoms with E-state index in [1.165, 1.54) is 17.3 Å². The van der Waals surface area contributed by atoms with E-state index in [2.05, 4.69) is 0 Å². The maximum absolute atomic E-state index is 13.7. The predicted octanol–water partition coefficient (Wildman–Crippen LogP) is 1.52. The third-order valence-corrected chi connectivity index (χ3v) is 5.40. The number of nitrogens with zero attached hydrogens (tertiary/aromatic N) is 1. The molecule has 1 aromatic rings. The van der Waals surface area contributed by atoms with E-state index >= 15 is 0 Å². The van der Waals surface area contributed by atoms with Gasteiger partial charge in [-0.25, -0.2) is 12.8 Å². The summed E-state index contributed by atoms with van der Waals surface area (Å²) in [6, 6.07) is 2.33. The molecule has 0 radical (unpaired) electrons. The van der Waals surface area contributed by atoms with Crippen molar-refractivity contribution in [1.29, 1.82) is 0 Å². The molecule has 1 fully saturated rings. The topological polar surface area (TPSA) is 72.6 Å². The summed E-state index contributed by atoms with van der Waals surface area (Å²) < 4.78 is 45.5. The number of hydrogen-bond acceptors (Lipinski definition) is 4. The molecule has 1 aromatic carbocycles. The van der Waals surface area contributed by atoms with Crippen LogP contribution in [0.1, 0.15) is 18.9 Å². The van der Waals surface area contributed by atoms with Crippen LogP contribution < -0.4 is 5.73 Å². The summed E-state index contributed by atoms with van der Waals surface area (Å²) >= 11 is 0. The number of benzene rings is 1. The molecule has 1 aliphatic heterocycles. The van der Waals surface area contributed by atoms with Crippen LogP contribution in [-0.2, 0) is 14.8 Å². The van der Waals surface area contributed by atoms with Gasteiger partial charge in [0.15, 0.2) is 0 Å². The van der Waals surface area contributed by atoms with Crippen molar-refractivity contribution < 1.29 is 17.5 Å². The third-order valence-electron chi connectivity index (χ3n) is 3.55. The van der Waals surface area contributed by atoms with Gasteiger partial charge in [0.25, 0.3) is 0 Å². The summed E-state index contributed by atoms with van der Waals surface area (Å²) in [5.41, 5.74) is 6.06. The summed E-state index contributed by atoms with van der Waals surface area (Å²) in [6.45, 7) is 4.36. The zero-order chi connectivity index (χ0) is 14.9. The first-order chi connectivity index (χ1) is 9.36. The highest BCUT2D eigenvalue weighted by Crippen LogP contribution is 2.25. The van der Waals surface area contributed by atoms with Crippen molar-refractivity contribution in [3.63, 3.8) is 0 Å². The Bertz CT molecular complexity index is 581. The predicted molar refractivity (Wildman–Crippen MR) is 74.3 cm³/mol. The molecule has 0 aromatic heterocycles. The van der Waals surface area contributed by atoms with Crippen LogP contribution in [0.2, 0.25) is 0 Å². The average Bonchev–Trinajstić information content (AvgIpc) is 2.44. The largest absolute Gasteiger partial charge is 0.398 e. The van der Waals surface area contributed by atoms with E-state index in [0.29, 0.717) is 6.61 Å². The molecular weight excluding hydrogens is 283 g/mol. The van der Waals surface area contributed by atoms with Crippen molar-refractivity contribution >= 4 is 15.7 Å². The summed E-state index contributed by atoms with van der Waals surface area (Å²) in [7, 11) is -3.73. The van der Waals surface area contributed by atoms with E-state index in [0.717, 1.165) is 12.5 Å². The second-order valence-corrected chi connectivity index (χ2v) is 6.82. The zero-order valence-corrected chi connectivity index (χ0v) is 12.4. The Morgan fingerprint density at radius 1 is 1.50 bits per heavy atom. The lowest BCUT2D eigenvalue weighted by atomic mass is 10.2. The summed E-state index contributed by atoms with van der Waals surface area (Å²) in [5.74, 6) is -0.608. The van der Waals surface area contributed by atoms with Crippen LogP contribution in [0.15, 0.2) is 17.0 Å². The molecule has 0 aliphatic carbocycles. The normalized spacial score (nSPS) is 21.1. The number of anilines is 1. The molecule has 20 heavy (non-hydrogen) atoms. The molecule has 2 rings (SSSR count). The SMILES string of the molecule is CCC1CN(S(=O)(=O)c2cc(N)c(C)c(F)c2)CCO1. The van der Waals surface area contributed by atoms with E-state index in [-0.39, 0.29) is 35.3 Å². The number of hydrogen-bond donors (Lipinski definition) is 1. The molecule has 0 spiro atoms. The van der Waals surface area contributed by atoms with Crippen molar-refractivity contribution in [3.05, 3.63) is 23.5 Å². The molecule has 1 heterocycles. The molecule has 1 atom stereocenters. The number of ether oxygens (including phenoxy) is 1. The van der Waals surface area contributed by atoms with Gasteiger partial charge in [-0.15, -0.1) is 0 Å². The highest BCUT2D eigenvalue weighted by Gasteiger charge is 2.30. The molecule has 1 saturated heterocycles. The Morgan fingerprint density at radius 3 is 2.80 bits per heavy atom. The van der Waals surface area contributed by atoms with E-state index in [4.69, 9.17) is 10.5 Å². The summed E-state index contributed by atoms with van der Waals surface area (Å²) in [6.07, 6.45) is 0.613. The van der Waals surface area contributed by atoms with E-state index in [1.807, 2.05) is 6.92 Å². The van der Waals surface area contributed by atoms with Gasteiger partial charge in [-0.1, -0.05) is 6.92 Å². The van der Waals surface area contributed by atoms with Crippen molar-refractivity contribution in [1.82, 2.24) is 4.31 Å². The summed E-state index contributed by atoms with van der Waals surface area (Å²) in [4.78, 5) is -0.102. The van der Waals surface area contributed by atoms with Gasteiger partial charge in [0.05, 0.1) is 17.6 Å². The minimum atomic E-state index is -3.73. The van der Waals surface area contributed by atoms with Gasteiger partial charge in [0.2, 0.25) is 10.0 Å². The van der Waals surface area contributed by atoms with Crippen LogP contribution in [0.4, 0.5) is 10.1 Å². The number of nitrogens with two attached hydrogens (primary N) is 1. The van der Waals surface area contributed by atoms with Crippen LogP contribution in [0.5, 0.6) is 0 Å². The van der Waals surface area contributed by atoms with Crippen LogP contribution in [0.25, 0.3) is 0 Å². The summed E-state index contributed by atoms with van der Waals surface area (Å²) in [5, 5.41) is 0. The van der Waals surface area contributed by atoms with E-state index in [1.54, 1.807) is 0 Å². The van der Waals surface area contributed by atoms with Gasteiger partial charge in [0.1, 0.15) is 5.82 Å². The molecule has 0 bridgehead atoms. The van der Waals surface area contributed by atoms with Gasteiger partial charge >= 0.3 is 0 Å². The Balaban J connectivity index is 2.35. The van der Waals surface area contributed by atoms with Crippen LogP contribution in [-0.4, -0.2) is 38.5 Å². The second-order valence-electron chi connectivity index (χ2n) is 4.88. The second kappa shape index (κ2) is 5.67. The molecule has 2 N–H and O–H groups in total. The van der Waals surface area contributed by atoms with E-state index in [9.17, 15) is 12.8 Å². The lowest BCUT2D eigenvalue weighted by Crippen LogP contribution is -2.45. The number of nitrogen functional groups attached to an aromatic ring is 1.